The fraction of sp³-hybridized carbons (Fsp3) is 0.385. The number of rotatable bonds is 3. The van der Waals surface area contributed by atoms with Crippen LogP contribution in [0.1, 0.15) is 25.3 Å². The van der Waals surface area contributed by atoms with Crippen molar-refractivity contribution in [3.8, 4) is 0 Å². The predicted molar refractivity (Wildman–Crippen MR) is 76.5 cm³/mol. The van der Waals surface area contributed by atoms with Crippen LogP contribution in [0, 0.1) is 0 Å². The number of hydrogen-bond acceptors (Lipinski definition) is 4. The maximum atomic E-state index is 11.6. The third-order valence-corrected chi connectivity index (χ3v) is 3.58. The molecule has 1 aliphatic heterocycles. The third kappa shape index (κ3) is 3.04. The molecule has 2 rings (SSSR count). The van der Waals surface area contributed by atoms with Gasteiger partial charge in [0.15, 0.2) is 0 Å². The third-order valence-electron chi connectivity index (χ3n) is 2.70. The van der Waals surface area contributed by atoms with Crippen molar-refractivity contribution in [3.05, 3.63) is 29.8 Å². The van der Waals surface area contributed by atoms with E-state index < -0.39 is 0 Å². The summed E-state index contributed by atoms with van der Waals surface area (Å²) in [6.07, 6.45) is 1.50. The SMILES string of the molecule is CCS/C(=N\N1CCCC1=O)c1ccc(N)cc1. The highest BCUT2D eigenvalue weighted by Gasteiger charge is 2.20. The molecule has 1 aliphatic rings. The normalized spacial score (nSPS) is 16.4. The summed E-state index contributed by atoms with van der Waals surface area (Å²) in [4.78, 5) is 11.6. The molecule has 4 nitrogen and oxygen atoms in total. The van der Waals surface area contributed by atoms with E-state index in [1.54, 1.807) is 16.8 Å². The molecule has 0 atom stereocenters. The van der Waals surface area contributed by atoms with E-state index in [0.717, 1.165) is 35.0 Å². The molecule has 0 aliphatic carbocycles. The van der Waals surface area contributed by atoms with Crippen molar-refractivity contribution in [3.63, 3.8) is 0 Å². The molecule has 0 spiro atoms. The molecule has 96 valence electrons. The van der Waals surface area contributed by atoms with E-state index in [-0.39, 0.29) is 5.91 Å². The van der Waals surface area contributed by atoms with Crippen LogP contribution >= 0.6 is 11.8 Å². The summed E-state index contributed by atoms with van der Waals surface area (Å²) in [7, 11) is 0. The van der Waals surface area contributed by atoms with Crippen LogP contribution in [0.25, 0.3) is 0 Å². The van der Waals surface area contributed by atoms with Gasteiger partial charge in [0.1, 0.15) is 5.04 Å². The van der Waals surface area contributed by atoms with E-state index >= 15 is 0 Å². The molecule has 1 aromatic rings. The van der Waals surface area contributed by atoms with E-state index in [1.807, 2.05) is 24.3 Å². The average molecular weight is 263 g/mol. The summed E-state index contributed by atoms with van der Waals surface area (Å²) in [6, 6.07) is 7.59. The molecule has 1 fully saturated rings. The Bertz CT molecular complexity index is 456. The number of amides is 1. The number of nitrogens with zero attached hydrogens (tertiary/aromatic N) is 2. The monoisotopic (exact) mass is 263 g/mol. The second-order valence-electron chi connectivity index (χ2n) is 4.08. The lowest BCUT2D eigenvalue weighted by atomic mass is 10.2. The molecule has 0 bridgehead atoms. The van der Waals surface area contributed by atoms with Gasteiger partial charge in [-0.2, -0.15) is 5.10 Å². The first-order chi connectivity index (χ1) is 8.70. The van der Waals surface area contributed by atoms with Gasteiger partial charge in [-0.05, 0) is 24.3 Å². The van der Waals surface area contributed by atoms with Gasteiger partial charge in [0, 0.05) is 24.2 Å². The summed E-state index contributed by atoms with van der Waals surface area (Å²) in [5, 5.41) is 6.93. The lowest BCUT2D eigenvalue weighted by Gasteiger charge is -2.12. The largest absolute Gasteiger partial charge is 0.399 e. The minimum atomic E-state index is 0.111. The molecule has 0 radical (unpaired) electrons. The number of nitrogen functional groups attached to an aromatic ring is 1. The van der Waals surface area contributed by atoms with Crippen LogP contribution in [0.3, 0.4) is 0 Å². The van der Waals surface area contributed by atoms with Gasteiger partial charge in [0.25, 0.3) is 0 Å². The Morgan fingerprint density at radius 1 is 1.44 bits per heavy atom. The molecule has 2 N–H and O–H groups in total. The first-order valence-electron chi connectivity index (χ1n) is 6.08. The highest BCUT2D eigenvalue weighted by atomic mass is 32.2. The summed E-state index contributed by atoms with van der Waals surface area (Å²) >= 11 is 1.64. The number of nitrogens with two attached hydrogens (primary N) is 1. The van der Waals surface area contributed by atoms with Crippen molar-refractivity contribution in [1.82, 2.24) is 5.01 Å². The molecular formula is C13H17N3OS. The van der Waals surface area contributed by atoms with Crippen LogP contribution in [-0.2, 0) is 4.79 Å². The van der Waals surface area contributed by atoms with Gasteiger partial charge in [-0.15, -0.1) is 11.8 Å². The van der Waals surface area contributed by atoms with Crippen molar-refractivity contribution >= 4 is 28.4 Å². The zero-order valence-corrected chi connectivity index (χ0v) is 11.2. The highest BCUT2D eigenvalue weighted by Crippen LogP contribution is 2.18. The molecule has 0 aromatic heterocycles. The molecule has 18 heavy (non-hydrogen) atoms. The van der Waals surface area contributed by atoms with Crippen LogP contribution in [-0.4, -0.2) is 28.3 Å². The van der Waals surface area contributed by atoms with E-state index in [9.17, 15) is 4.79 Å². The van der Waals surface area contributed by atoms with E-state index in [1.165, 1.54) is 0 Å². The van der Waals surface area contributed by atoms with Gasteiger partial charge in [-0.1, -0.05) is 19.1 Å². The average Bonchev–Trinajstić information content (AvgIpc) is 2.76. The highest BCUT2D eigenvalue weighted by molar-refractivity contribution is 8.14. The van der Waals surface area contributed by atoms with Gasteiger partial charge < -0.3 is 5.73 Å². The summed E-state index contributed by atoms with van der Waals surface area (Å²) in [5.74, 6) is 1.03. The zero-order valence-electron chi connectivity index (χ0n) is 10.4. The smallest absolute Gasteiger partial charge is 0.242 e. The second-order valence-corrected chi connectivity index (χ2v) is 5.33. The van der Waals surface area contributed by atoms with Crippen LogP contribution in [0.2, 0.25) is 0 Å². The van der Waals surface area contributed by atoms with Crippen molar-refractivity contribution < 1.29 is 4.79 Å². The quantitative estimate of drug-likeness (QED) is 0.517. The van der Waals surface area contributed by atoms with Gasteiger partial charge in [-0.3, -0.25) is 4.79 Å². The van der Waals surface area contributed by atoms with Crippen molar-refractivity contribution in [2.45, 2.75) is 19.8 Å². The van der Waals surface area contributed by atoms with Crippen molar-refractivity contribution in [2.75, 3.05) is 18.0 Å². The Morgan fingerprint density at radius 2 is 2.17 bits per heavy atom. The Labute approximate surface area is 111 Å². The molecule has 1 amide bonds. The topological polar surface area (TPSA) is 58.7 Å². The molecule has 1 saturated heterocycles. The lowest BCUT2D eigenvalue weighted by Crippen LogP contribution is -2.20. The minimum absolute atomic E-state index is 0.111. The summed E-state index contributed by atoms with van der Waals surface area (Å²) in [6.45, 7) is 2.80. The van der Waals surface area contributed by atoms with E-state index in [2.05, 4.69) is 12.0 Å². The number of benzene rings is 1. The van der Waals surface area contributed by atoms with Crippen molar-refractivity contribution in [1.29, 1.82) is 0 Å². The Morgan fingerprint density at radius 3 is 2.72 bits per heavy atom. The molecule has 1 aromatic carbocycles. The first kappa shape index (κ1) is 13.0. The molecular weight excluding hydrogens is 246 g/mol. The van der Waals surface area contributed by atoms with Crippen LogP contribution < -0.4 is 5.73 Å². The number of thioether (sulfide) groups is 1. The fourth-order valence-electron chi connectivity index (χ4n) is 1.78. The number of hydrogen-bond donors (Lipinski definition) is 1. The maximum Gasteiger partial charge on any atom is 0.242 e. The number of carbonyl (C=O) groups excluding carboxylic acids is 1. The maximum absolute atomic E-state index is 11.6. The van der Waals surface area contributed by atoms with Crippen LogP contribution in [0.5, 0.6) is 0 Å². The van der Waals surface area contributed by atoms with Crippen LogP contribution in [0.4, 0.5) is 5.69 Å². The van der Waals surface area contributed by atoms with Gasteiger partial charge in [0.2, 0.25) is 5.91 Å². The minimum Gasteiger partial charge on any atom is -0.399 e. The first-order valence-corrected chi connectivity index (χ1v) is 7.07. The Hall–Kier alpha value is -1.49. The molecule has 5 heteroatoms. The number of hydrazone groups is 1. The van der Waals surface area contributed by atoms with Gasteiger partial charge >= 0.3 is 0 Å². The standard InChI is InChI=1S/C13H17N3OS/c1-2-18-13(10-5-7-11(14)8-6-10)15-16-9-3-4-12(16)17/h5-8H,2-4,9,14H2,1H3/b15-13-. The lowest BCUT2D eigenvalue weighted by molar-refractivity contribution is -0.127. The van der Waals surface area contributed by atoms with Crippen molar-refractivity contribution in [2.24, 2.45) is 5.10 Å². The molecule has 0 saturated carbocycles. The Kier molecular flexibility index (Phi) is 4.25. The van der Waals surface area contributed by atoms with Gasteiger partial charge in [-0.25, -0.2) is 5.01 Å². The number of carbonyl (C=O) groups is 1. The van der Waals surface area contributed by atoms with E-state index in [4.69, 9.17) is 5.73 Å². The molecule has 1 heterocycles. The Balaban J connectivity index is 2.24. The van der Waals surface area contributed by atoms with Crippen LogP contribution in [0.15, 0.2) is 29.4 Å². The zero-order chi connectivity index (χ0) is 13.0. The second kappa shape index (κ2) is 5.91. The van der Waals surface area contributed by atoms with Gasteiger partial charge in [0.05, 0.1) is 0 Å². The molecule has 0 unspecified atom stereocenters. The number of anilines is 1. The summed E-state index contributed by atoms with van der Waals surface area (Å²) in [5.41, 5.74) is 7.42. The predicted octanol–water partition coefficient (Wildman–Crippen LogP) is 2.31. The fourth-order valence-corrected chi connectivity index (χ4v) is 2.51. The van der Waals surface area contributed by atoms with E-state index in [0.29, 0.717) is 6.42 Å². The summed E-state index contributed by atoms with van der Waals surface area (Å²) < 4.78 is 0.